The van der Waals surface area contributed by atoms with Crippen molar-refractivity contribution in [2.45, 2.75) is 38.1 Å². The molecule has 0 bridgehead atoms. The molecular weight excluding hydrogens is 382 g/mol. The van der Waals surface area contributed by atoms with Crippen LogP contribution in [-0.4, -0.2) is 55.5 Å². The number of nitrogens with one attached hydrogen (secondary N) is 1. The lowest BCUT2D eigenvalue weighted by atomic mass is 9.99. The van der Waals surface area contributed by atoms with Gasteiger partial charge < -0.3 is 9.84 Å². The lowest BCUT2D eigenvalue weighted by Crippen LogP contribution is -2.31. The zero-order chi connectivity index (χ0) is 20.6. The summed E-state index contributed by atoms with van der Waals surface area (Å²) in [4.78, 5) is 31.7. The molecular formula is C21H25N7O2. The fourth-order valence-electron chi connectivity index (χ4n) is 3.60. The van der Waals surface area contributed by atoms with Gasteiger partial charge in [-0.25, -0.2) is 4.98 Å². The van der Waals surface area contributed by atoms with Crippen LogP contribution >= 0.6 is 0 Å². The van der Waals surface area contributed by atoms with Crippen LogP contribution in [0.15, 0.2) is 47.5 Å². The smallest absolute Gasteiger partial charge is 0.230 e. The van der Waals surface area contributed by atoms with Gasteiger partial charge in [-0.2, -0.15) is 4.98 Å². The highest BCUT2D eigenvalue weighted by molar-refractivity contribution is 5.76. The Hall–Kier alpha value is -3.20. The zero-order valence-electron chi connectivity index (χ0n) is 16.8. The summed E-state index contributed by atoms with van der Waals surface area (Å²) in [6.45, 7) is 2.92. The number of carbonyl (C=O) groups is 1. The van der Waals surface area contributed by atoms with Crippen LogP contribution in [0.1, 0.15) is 43.2 Å². The number of hydrogen-bond donors (Lipinski definition) is 1. The van der Waals surface area contributed by atoms with Crippen LogP contribution in [-0.2, 0) is 11.3 Å². The van der Waals surface area contributed by atoms with E-state index < -0.39 is 0 Å². The largest absolute Gasteiger partial charge is 0.356 e. The van der Waals surface area contributed by atoms with Gasteiger partial charge in [-0.05, 0) is 37.9 Å². The standard InChI is InChI=1S/C21H25N7O2/c29-19-7-13-28(15-17-5-1-2-8-23-17)12-3-4-16(6-9-25-19)21-26-20(27-30-21)18-14-22-10-11-24-18/h1-2,5,8,10-11,14,16H,3-4,6-7,9,12-13,15H2,(H,25,29). The number of nitrogens with zero attached hydrogens (tertiary/aromatic N) is 6. The fraction of sp³-hybridized carbons (Fsp3) is 0.429. The summed E-state index contributed by atoms with van der Waals surface area (Å²) in [5, 5.41) is 7.08. The van der Waals surface area contributed by atoms with E-state index in [0.717, 1.165) is 38.0 Å². The van der Waals surface area contributed by atoms with E-state index in [-0.39, 0.29) is 11.8 Å². The van der Waals surface area contributed by atoms with Crippen LogP contribution in [0.3, 0.4) is 0 Å². The van der Waals surface area contributed by atoms with Gasteiger partial charge in [0.15, 0.2) is 0 Å². The molecule has 30 heavy (non-hydrogen) atoms. The summed E-state index contributed by atoms with van der Waals surface area (Å²) in [5.74, 6) is 1.17. The Kier molecular flexibility index (Phi) is 6.71. The first kappa shape index (κ1) is 20.1. The maximum absolute atomic E-state index is 12.2. The van der Waals surface area contributed by atoms with E-state index in [4.69, 9.17) is 4.52 Å². The molecule has 3 aromatic rings. The fourth-order valence-corrected chi connectivity index (χ4v) is 3.60. The topological polar surface area (TPSA) is 110 Å². The third-order valence-electron chi connectivity index (χ3n) is 5.19. The molecule has 0 spiro atoms. The minimum atomic E-state index is 0.0625. The highest BCUT2D eigenvalue weighted by Crippen LogP contribution is 2.26. The van der Waals surface area contributed by atoms with Crippen LogP contribution in [0, 0.1) is 0 Å². The number of hydrogen-bond acceptors (Lipinski definition) is 8. The predicted octanol–water partition coefficient (Wildman–Crippen LogP) is 2.20. The van der Waals surface area contributed by atoms with E-state index >= 15 is 0 Å². The molecule has 0 aliphatic carbocycles. The number of amides is 1. The SMILES string of the molecule is O=C1CCN(Cc2ccccn2)CCCC(c2nc(-c3cnccn3)no2)CCN1. The van der Waals surface area contributed by atoms with Gasteiger partial charge in [0.25, 0.3) is 0 Å². The average Bonchev–Trinajstić information content (AvgIpc) is 3.26. The Morgan fingerprint density at radius 1 is 1.13 bits per heavy atom. The van der Waals surface area contributed by atoms with Gasteiger partial charge in [0.1, 0.15) is 5.69 Å². The molecule has 0 aromatic carbocycles. The molecule has 1 saturated heterocycles. The molecule has 1 atom stereocenters. The maximum atomic E-state index is 12.2. The van der Waals surface area contributed by atoms with Crippen molar-refractivity contribution in [3.8, 4) is 11.5 Å². The van der Waals surface area contributed by atoms with Gasteiger partial charge in [0, 0.05) is 50.6 Å². The molecule has 9 nitrogen and oxygen atoms in total. The van der Waals surface area contributed by atoms with Gasteiger partial charge in [-0.1, -0.05) is 11.2 Å². The highest BCUT2D eigenvalue weighted by Gasteiger charge is 2.22. The third kappa shape index (κ3) is 5.44. The summed E-state index contributed by atoms with van der Waals surface area (Å²) >= 11 is 0. The number of aromatic nitrogens is 5. The highest BCUT2D eigenvalue weighted by atomic mass is 16.5. The van der Waals surface area contributed by atoms with Gasteiger partial charge in [-0.15, -0.1) is 0 Å². The molecule has 4 heterocycles. The average molecular weight is 407 g/mol. The van der Waals surface area contributed by atoms with E-state index in [1.807, 2.05) is 18.2 Å². The summed E-state index contributed by atoms with van der Waals surface area (Å²) in [5.41, 5.74) is 1.59. The van der Waals surface area contributed by atoms with Crippen LogP contribution in [0.25, 0.3) is 11.5 Å². The van der Waals surface area contributed by atoms with Gasteiger partial charge >= 0.3 is 0 Å². The number of rotatable bonds is 4. The molecule has 4 rings (SSSR count). The first-order valence-corrected chi connectivity index (χ1v) is 10.3. The second-order valence-electron chi connectivity index (χ2n) is 7.37. The minimum Gasteiger partial charge on any atom is -0.356 e. The van der Waals surface area contributed by atoms with Crippen molar-refractivity contribution < 1.29 is 9.32 Å². The van der Waals surface area contributed by atoms with Crippen molar-refractivity contribution in [3.05, 3.63) is 54.6 Å². The molecule has 0 saturated carbocycles. The Bertz CT molecular complexity index is 933. The van der Waals surface area contributed by atoms with Crippen molar-refractivity contribution in [2.75, 3.05) is 19.6 Å². The Morgan fingerprint density at radius 3 is 2.93 bits per heavy atom. The zero-order valence-corrected chi connectivity index (χ0v) is 16.8. The van der Waals surface area contributed by atoms with Crippen molar-refractivity contribution in [2.24, 2.45) is 0 Å². The molecule has 1 unspecified atom stereocenters. The quantitative estimate of drug-likeness (QED) is 0.701. The van der Waals surface area contributed by atoms with Crippen LogP contribution in [0.4, 0.5) is 0 Å². The van der Waals surface area contributed by atoms with E-state index in [1.165, 1.54) is 0 Å². The molecule has 9 heteroatoms. The first-order valence-electron chi connectivity index (χ1n) is 10.3. The van der Waals surface area contributed by atoms with Crippen LogP contribution < -0.4 is 5.32 Å². The molecule has 1 aliphatic rings. The minimum absolute atomic E-state index is 0.0625. The molecule has 3 aromatic heterocycles. The second-order valence-corrected chi connectivity index (χ2v) is 7.37. The lowest BCUT2D eigenvalue weighted by Gasteiger charge is -2.21. The summed E-state index contributed by atoms with van der Waals surface area (Å²) in [6.07, 6.45) is 9.73. The Labute approximate surface area is 175 Å². The van der Waals surface area contributed by atoms with Crippen molar-refractivity contribution >= 4 is 5.91 Å². The Morgan fingerprint density at radius 2 is 2.10 bits per heavy atom. The molecule has 0 radical (unpaired) electrons. The molecule has 1 amide bonds. The molecule has 1 fully saturated rings. The maximum Gasteiger partial charge on any atom is 0.230 e. The van der Waals surface area contributed by atoms with E-state index in [1.54, 1.807) is 24.8 Å². The molecule has 156 valence electrons. The van der Waals surface area contributed by atoms with Crippen LogP contribution in [0.5, 0.6) is 0 Å². The third-order valence-corrected chi connectivity index (χ3v) is 5.19. The summed E-state index contributed by atoms with van der Waals surface area (Å²) < 4.78 is 5.54. The number of pyridine rings is 1. The van der Waals surface area contributed by atoms with E-state index in [2.05, 4.69) is 35.3 Å². The summed E-state index contributed by atoms with van der Waals surface area (Å²) in [7, 11) is 0. The van der Waals surface area contributed by atoms with Gasteiger partial charge in [-0.3, -0.25) is 19.7 Å². The monoisotopic (exact) mass is 407 g/mol. The van der Waals surface area contributed by atoms with E-state index in [9.17, 15) is 4.79 Å². The van der Waals surface area contributed by atoms with Crippen molar-refractivity contribution in [3.63, 3.8) is 0 Å². The van der Waals surface area contributed by atoms with E-state index in [0.29, 0.717) is 36.9 Å². The van der Waals surface area contributed by atoms with Crippen molar-refractivity contribution in [1.29, 1.82) is 0 Å². The van der Waals surface area contributed by atoms with Gasteiger partial charge in [0.05, 0.1) is 11.9 Å². The molecule has 1 N–H and O–H groups in total. The van der Waals surface area contributed by atoms with Crippen LogP contribution in [0.2, 0.25) is 0 Å². The second kappa shape index (κ2) is 10.0. The number of carbonyl (C=O) groups excluding carboxylic acids is 1. The normalized spacial score (nSPS) is 19.1. The lowest BCUT2D eigenvalue weighted by molar-refractivity contribution is -0.121. The van der Waals surface area contributed by atoms with Crippen molar-refractivity contribution in [1.82, 2.24) is 35.3 Å². The Balaban J connectivity index is 1.44. The molecule has 1 aliphatic heterocycles. The first-order chi connectivity index (χ1) is 14.8. The predicted molar refractivity (Wildman–Crippen MR) is 109 cm³/mol. The van der Waals surface area contributed by atoms with Gasteiger partial charge in [0.2, 0.25) is 17.6 Å². The summed E-state index contributed by atoms with van der Waals surface area (Å²) in [6, 6.07) is 5.91.